The number of imide groups is 1. The van der Waals surface area contributed by atoms with Crippen molar-refractivity contribution in [2.75, 3.05) is 46.0 Å². The van der Waals surface area contributed by atoms with Crippen LogP contribution in [-0.4, -0.2) is 74.5 Å². The quantitative estimate of drug-likeness (QED) is 0.204. The van der Waals surface area contributed by atoms with Crippen molar-refractivity contribution in [3.05, 3.63) is 107 Å². The minimum Gasteiger partial charge on any atom is -0.378 e. The van der Waals surface area contributed by atoms with Crippen LogP contribution >= 0.6 is 0 Å². The highest BCUT2D eigenvalue weighted by atomic mass is 19.1. The van der Waals surface area contributed by atoms with E-state index < -0.39 is 11.8 Å². The standard InChI is InChI=1S/C32H38FN3O4/c1-32(2,28(33)23-35-29(24-11-5-3-6-12-24)25-13-7-4-8-14-25)40-21-18-34-17-20-39-22-19-36-30(37)26-15-9-10-16-27(26)31(36)38/h3-16,28-29,34-35H,17-23H2,1-2H3. The van der Waals surface area contributed by atoms with Gasteiger partial charge in [0.2, 0.25) is 0 Å². The molecule has 0 saturated heterocycles. The van der Waals surface area contributed by atoms with Gasteiger partial charge in [-0.3, -0.25) is 14.5 Å². The first-order valence-corrected chi connectivity index (χ1v) is 13.7. The number of nitrogens with zero attached hydrogens (tertiary/aromatic N) is 1. The number of halogens is 1. The van der Waals surface area contributed by atoms with Crippen LogP contribution in [0.5, 0.6) is 0 Å². The molecule has 7 nitrogen and oxygen atoms in total. The molecule has 3 aromatic carbocycles. The molecule has 1 aliphatic rings. The van der Waals surface area contributed by atoms with Crippen molar-refractivity contribution in [3.8, 4) is 0 Å². The van der Waals surface area contributed by atoms with E-state index in [4.69, 9.17) is 9.47 Å². The van der Waals surface area contributed by atoms with Crippen LogP contribution in [0.15, 0.2) is 84.9 Å². The molecule has 0 radical (unpaired) electrons. The number of carbonyl (C=O) groups is 2. The zero-order chi connectivity index (χ0) is 28.4. The second-order valence-electron chi connectivity index (χ2n) is 10.3. The van der Waals surface area contributed by atoms with Crippen molar-refractivity contribution in [1.29, 1.82) is 0 Å². The molecule has 0 fully saturated rings. The lowest BCUT2D eigenvalue weighted by Crippen LogP contribution is -2.44. The van der Waals surface area contributed by atoms with Gasteiger partial charge in [0, 0.05) is 19.6 Å². The molecule has 4 rings (SSSR count). The Balaban J connectivity index is 1.11. The van der Waals surface area contributed by atoms with Gasteiger partial charge in [0.15, 0.2) is 0 Å². The maximum Gasteiger partial charge on any atom is 0.261 e. The largest absolute Gasteiger partial charge is 0.378 e. The van der Waals surface area contributed by atoms with Crippen LogP contribution in [0, 0.1) is 0 Å². The van der Waals surface area contributed by atoms with Gasteiger partial charge in [-0.25, -0.2) is 4.39 Å². The van der Waals surface area contributed by atoms with E-state index >= 15 is 4.39 Å². The fourth-order valence-electron chi connectivity index (χ4n) is 4.63. The van der Waals surface area contributed by atoms with Crippen LogP contribution in [0.4, 0.5) is 4.39 Å². The van der Waals surface area contributed by atoms with E-state index in [2.05, 4.69) is 10.6 Å². The molecule has 1 heterocycles. The molecule has 2 amide bonds. The molecule has 40 heavy (non-hydrogen) atoms. The molecule has 2 N–H and O–H groups in total. The molecule has 8 heteroatoms. The van der Waals surface area contributed by atoms with Crippen molar-refractivity contribution in [3.63, 3.8) is 0 Å². The molecule has 212 valence electrons. The maximum absolute atomic E-state index is 15.3. The highest BCUT2D eigenvalue weighted by Gasteiger charge is 2.34. The fraction of sp³-hybridized carbons (Fsp3) is 0.375. The summed E-state index contributed by atoms with van der Waals surface area (Å²) in [4.78, 5) is 26.0. The summed E-state index contributed by atoms with van der Waals surface area (Å²) in [5.41, 5.74) is 2.07. The van der Waals surface area contributed by atoms with Crippen LogP contribution in [0.2, 0.25) is 0 Å². The number of carbonyl (C=O) groups excluding carboxylic acids is 2. The third kappa shape index (κ3) is 7.61. The number of ether oxygens (including phenoxy) is 2. The smallest absolute Gasteiger partial charge is 0.261 e. The second kappa shape index (κ2) is 14.3. The molecule has 0 bridgehead atoms. The van der Waals surface area contributed by atoms with Gasteiger partial charge >= 0.3 is 0 Å². The van der Waals surface area contributed by atoms with Gasteiger partial charge in [0.1, 0.15) is 6.17 Å². The maximum atomic E-state index is 15.3. The zero-order valence-corrected chi connectivity index (χ0v) is 23.1. The van der Waals surface area contributed by atoms with E-state index in [1.165, 1.54) is 4.90 Å². The lowest BCUT2D eigenvalue weighted by Gasteiger charge is -2.31. The molecular formula is C32H38FN3O4. The number of fused-ring (bicyclic) bond motifs is 1. The van der Waals surface area contributed by atoms with E-state index in [1.54, 1.807) is 38.1 Å². The summed E-state index contributed by atoms with van der Waals surface area (Å²) in [6.07, 6.45) is -1.21. The zero-order valence-electron chi connectivity index (χ0n) is 23.1. The van der Waals surface area contributed by atoms with Crippen LogP contribution in [0.3, 0.4) is 0 Å². The molecule has 1 unspecified atom stereocenters. The lowest BCUT2D eigenvalue weighted by molar-refractivity contribution is -0.0690. The Morgan fingerprint density at radius 3 is 1.88 bits per heavy atom. The first-order valence-electron chi connectivity index (χ1n) is 13.7. The van der Waals surface area contributed by atoms with Gasteiger partial charge in [-0.05, 0) is 37.1 Å². The minimum atomic E-state index is -1.21. The van der Waals surface area contributed by atoms with Gasteiger partial charge in [0.05, 0.1) is 49.1 Å². The lowest BCUT2D eigenvalue weighted by atomic mass is 9.97. The summed E-state index contributed by atoms with van der Waals surface area (Å²) in [6.45, 7) is 6.04. The molecule has 1 aliphatic heterocycles. The summed E-state index contributed by atoms with van der Waals surface area (Å²) in [7, 11) is 0. The summed E-state index contributed by atoms with van der Waals surface area (Å²) in [5, 5.41) is 6.60. The molecule has 0 spiro atoms. The van der Waals surface area contributed by atoms with Crippen molar-refractivity contribution in [2.24, 2.45) is 0 Å². The summed E-state index contributed by atoms with van der Waals surface area (Å²) < 4.78 is 26.7. The SMILES string of the molecule is CC(C)(OCCNCCOCCN1C(=O)c2ccccc2C1=O)C(F)CNC(c1ccccc1)c1ccccc1. The average Bonchev–Trinajstić information content (AvgIpc) is 3.22. The summed E-state index contributed by atoms with van der Waals surface area (Å²) >= 11 is 0. The van der Waals surface area contributed by atoms with Crippen LogP contribution < -0.4 is 10.6 Å². The second-order valence-corrected chi connectivity index (χ2v) is 10.3. The van der Waals surface area contributed by atoms with Gasteiger partial charge in [-0.15, -0.1) is 0 Å². The molecule has 0 saturated carbocycles. The van der Waals surface area contributed by atoms with Gasteiger partial charge in [0.25, 0.3) is 11.8 Å². The third-order valence-electron chi connectivity index (χ3n) is 7.03. The Hall–Kier alpha value is -3.43. The van der Waals surface area contributed by atoms with Gasteiger partial charge in [-0.2, -0.15) is 0 Å². The Labute approximate surface area is 235 Å². The van der Waals surface area contributed by atoms with Crippen molar-refractivity contribution >= 4 is 11.8 Å². The number of amides is 2. The van der Waals surface area contributed by atoms with Crippen LogP contribution in [0.25, 0.3) is 0 Å². The number of benzene rings is 3. The predicted molar refractivity (Wildman–Crippen MR) is 153 cm³/mol. The van der Waals surface area contributed by atoms with E-state index in [-0.39, 0.29) is 37.6 Å². The highest BCUT2D eigenvalue weighted by Crippen LogP contribution is 2.24. The van der Waals surface area contributed by atoms with E-state index in [0.717, 1.165) is 11.1 Å². The van der Waals surface area contributed by atoms with Crippen molar-refractivity contribution < 1.29 is 23.5 Å². The van der Waals surface area contributed by atoms with Crippen molar-refractivity contribution in [1.82, 2.24) is 15.5 Å². The monoisotopic (exact) mass is 547 g/mol. The topological polar surface area (TPSA) is 79.9 Å². The number of hydrogen-bond donors (Lipinski definition) is 2. The first kappa shape index (κ1) is 29.6. The molecule has 0 aliphatic carbocycles. The van der Waals surface area contributed by atoms with Crippen LogP contribution in [0.1, 0.15) is 51.7 Å². The molecular weight excluding hydrogens is 509 g/mol. The van der Waals surface area contributed by atoms with E-state index in [1.807, 2.05) is 60.7 Å². The first-order chi connectivity index (χ1) is 19.4. The number of rotatable bonds is 16. The third-order valence-corrected chi connectivity index (χ3v) is 7.03. The highest BCUT2D eigenvalue weighted by molar-refractivity contribution is 6.21. The molecule has 3 aromatic rings. The molecule has 1 atom stereocenters. The molecule has 0 aromatic heterocycles. The van der Waals surface area contributed by atoms with E-state index in [0.29, 0.717) is 37.4 Å². The van der Waals surface area contributed by atoms with Crippen molar-refractivity contribution in [2.45, 2.75) is 31.7 Å². The number of alkyl halides is 1. The minimum absolute atomic E-state index is 0.116. The Morgan fingerprint density at radius 2 is 1.30 bits per heavy atom. The Kier molecular flexibility index (Phi) is 10.5. The fourth-order valence-corrected chi connectivity index (χ4v) is 4.63. The van der Waals surface area contributed by atoms with Gasteiger partial charge in [-0.1, -0.05) is 72.8 Å². The normalized spacial score (nSPS) is 14.2. The average molecular weight is 548 g/mol. The summed E-state index contributed by atoms with van der Waals surface area (Å²) in [5.74, 6) is -0.557. The van der Waals surface area contributed by atoms with Gasteiger partial charge < -0.3 is 20.1 Å². The predicted octanol–water partition coefficient (Wildman–Crippen LogP) is 4.40. The van der Waals surface area contributed by atoms with E-state index in [9.17, 15) is 9.59 Å². The summed E-state index contributed by atoms with van der Waals surface area (Å²) in [6, 6.07) is 26.8. The Morgan fingerprint density at radius 1 is 0.775 bits per heavy atom. The number of nitrogens with one attached hydrogen (secondary N) is 2. The number of hydrogen-bond acceptors (Lipinski definition) is 6. The van der Waals surface area contributed by atoms with Crippen LogP contribution in [-0.2, 0) is 9.47 Å². The Bertz CT molecular complexity index is 1160.